The number of anilines is 1. The van der Waals surface area contributed by atoms with E-state index >= 15 is 0 Å². The van der Waals surface area contributed by atoms with Gasteiger partial charge in [0.1, 0.15) is 0 Å². The molecule has 0 saturated heterocycles. The molecule has 1 aromatic rings. The van der Waals surface area contributed by atoms with E-state index in [-0.39, 0.29) is 12.6 Å². The van der Waals surface area contributed by atoms with E-state index < -0.39 is 0 Å². The Morgan fingerprint density at radius 1 is 1.31 bits per heavy atom. The first-order valence-corrected chi connectivity index (χ1v) is 5.25. The Balaban J connectivity index is 2.57. The normalized spacial score (nSPS) is 9.88. The van der Waals surface area contributed by atoms with E-state index in [0.717, 1.165) is 5.69 Å². The first-order chi connectivity index (χ1) is 7.77. The van der Waals surface area contributed by atoms with Crippen molar-refractivity contribution >= 4 is 11.7 Å². The van der Waals surface area contributed by atoms with Gasteiger partial charge in [-0.25, -0.2) is 0 Å². The van der Waals surface area contributed by atoms with Crippen molar-refractivity contribution in [2.24, 2.45) is 0 Å². The summed E-state index contributed by atoms with van der Waals surface area (Å²) in [7, 11) is 1.38. The second-order valence-electron chi connectivity index (χ2n) is 3.37. The standard InChI is InChI=1S/C12H17NO3/c1-16-12(15)7-8-13(9-10-14)11-5-3-2-4-6-11/h2-6,14H,7-10H2,1H3. The van der Waals surface area contributed by atoms with Gasteiger partial charge in [-0.1, -0.05) is 18.2 Å². The monoisotopic (exact) mass is 223 g/mol. The number of ether oxygens (including phenoxy) is 1. The fourth-order valence-electron chi connectivity index (χ4n) is 1.46. The zero-order valence-corrected chi connectivity index (χ0v) is 9.43. The van der Waals surface area contributed by atoms with Crippen LogP contribution in [0.1, 0.15) is 6.42 Å². The quantitative estimate of drug-likeness (QED) is 0.732. The van der Waals surface area contributed by atoms with Gasteiger partial charge < -0.3 is 14.7 Å². The number of para-hydroxylation sites is 1. The van der Waals surface area contributed by atoms with Gasteiger partial charge in [-0.3, -0.25) is 4.79 Å². The van der Waals surface area contributed by atoms with Crippen LogP contribution in [0.2, 0.25) is 0 Å². The Morgan fingerprint density at radius 2 is 2.00 bits per heavy atom. The third-order valence-corrected chi connectivity index (χ3v) is 2.30. The number of nitrogens with zero attached hydrogens (tertiary/aromatic N) is 1. The summed E-state index contributed by atoms with van der Waals surface area (Å²) in [6.45, 7) is 1.13. The lowest BCUT2D eigenvalue weighted by atomic mass is 10.2. The van der Waals surface area contributed by atoms with E-state index in [1.54, 1.807) is 0 Å². The predicted molar refractivity (Wildman–Crippen MR) is 62.4 cm³/mol. The molecule has 0 aliphatic rings. The molecule has 0 aliphatic carbocycles. The van der Waals surface area contributed by atoms with Crippen LogP contribution in [0, 0.1) is 0 Å². The van der Waals surface area contributed by atoms with Crippen LogP contribution in [0.15, 0.2) is 30.3 Å². The Kier molecular flexibility index (Phi) is 5.36. The molecule has 0 radical (unpaired) electrons. The van der Waals surface area contributed by atoms with Crippen molar-refractivity contribution in [1.82, 2.24) is 0 Å². The molecule has 0 aromatic heterocycles. The molecule has 0 fully saturated rings. The smallest absolute Gasteiger partial charge is 0.307 e. The Labute approximate surface area is 95.5 Å². The summed E-state index contributed by atoms with van der Waals surface area (Å²) < 4.78 is 4.59. The largest absolute Gasteiger partial charge is 0.469 e. The van der Waals surface area contributed by atoms with Crippen molar-refractivity contribution in [3.8, 4) is 0 Å². The van der Waals surface area contributed by atoms with Crippen molar-refractivity contribution < 1.29 is 14.6 Å². The maximum atomic E-state index is 11.0. The van der Waals surface area contributed by atoms with Crippen molar-refractivity contribution in [3.63, 3.8) is 0 Å². The number of hydrogen-bond acceptors (Lipinski definition) is 4. The molecule has 1 aromatic carbocycles. The molecule has 0 amide bonds. The first kappa shape index (κ1) is 12.5. The number of aliphatic hydroxyl groups excluding tert-OH is 1. The van der Waals surface area contributed by atoms with Crippen LogP contribution in [-0.4, -0.2) is 37.9 Å². The molecule has 0 spiro atoms. The molecule has 4 heteroatoms. The van der Waals surface area contributed by atoms with Crippen LogP contribution in [0.3, 0.4) is 0 Å². The van der Waals surface area contributed by atoms with Crippen molar-refractivity contribution in [1.29, 1.82) is 0 Å². The second-order valence-corrected chi connectivity index (χ2v) is 3.37. The van der Waals surface area contributed by atoms with Gasteiger partial charge in [0, 0.05) is 18.8 Å². The highest BCUT2D eigenvalue weighted by Crippen LogP contribution is 2.13. The lowest BCUT2D eigenvalue weighted by Gasteiger charge is -2.23. The number of aliphatic hydroxyl groups is 1. The number of benzene rings is 1. The van der Waals surface area contributed by atoms with Crippen LogP contribution in [0.5, 0.6) is 0 Å². The minimum absolute atomic E-state index is 0.0655. The maximum Gasteiger partial charge on any atom is 0.307 e. The predicted octanol–water partition coefficient (Wildman–Crippen LogP) is 1.05. The molecule has 1 N–H and O–H groups in total. The van der Waals surface area contributed by atoms with E-state index in [2.05, 4.69) is 4.74 Å². The maximum absolute atomic E-state index is 11.0. The van der Waals surface area contributed by atoms with E-state index in [1.807, 2.05) is 35.2 Å². The summed E-state index contributed by atoms with van der Waals surface area (Å²) in [5, 5.41) is 8.96. The lowest BCUT2D eigenvalue weighted by Crippen LogP contribution is -2.29. The number of esters is 1. The summed E-state index contributed by atoms with van der Waals surface area (Å²) in [6, 6.07) is 9.69. The summed E-state index contributed by atoms with van der Waals surface area (Å²) in [4.78, 5) is 13.0. The van der Waals surface area contributed by atoms with Gasteiger partial charge in [0.05, 0.1) is 20.1 Å². The van der Waals surface area contributed by atoms with Crippen LogP contribution < -0.4 is 4.90 Å². The first-order valence-electron chi connectivity index (χ1n) is 5.25. The SMILES string of the molecule is COC(=O)CCN(CCO)c1ccccc1. The highest BCUT2D eigenvalue weighted by molar-refractivity contribution is 5.70. The third-order valence-electron chi connectivity index (χ3n) is 2.30. The fraction of sp³-hybridized carbons (Fsp3) is 0.417. The van der Waals surface area contributed by atoms with E-state index in [9.17, 15) is 4.79 Å². The summed E-state index contributed by atoms with van der Waals surface area (Å²) >= 11 is 0. The van der Waals surface area contributed by atoms with Gasteiger partial charge in [-0.05, 0) is 12.1 Å². The van der Waals surface area contributed by atoms with Gasteiger partial charge >= 0.3 is 5.97 Å². The minimum Gasteiger partial charge on any atom is -0.469 e. The average molecular weight is 223 g/mol. The minimum atomic E-state index is -0.237. The van der Waals surface area contributed by atoms with E-state index in [4.69, 9.17) is 5.11 Å². The number of carbonyl (C=O) groups excluding carboxylic acids is 1. The molecule has 88 valence electrons. The molecule has 0 bridgehead atoms. The second kappa shape index (κ2) is 6.85. The van der Waals surface area contributed by atoms with Gasteiger partial charge in [0.25, 0.3) is 0 Å². The van der Waals surface area contributed by atoms with Crippen LogP contribution in [0.4, 0.5) is 5.69 Å². The highest BCUT2D eigenvalue weighted by Gasteiger charge is 2.08. The van der Waals surface area contributed by atoms with Crippen LogP contribution >= 0.6 is 0 Å². The molecule has 1 rings (SSSR count). The van der Waals surface area contributed by atoms with Gasteiger partial charge in [-0.15, -0.1) is 0 Å². The third kappa shape index (κ3) is 3.90. The zero-order valence-electron chi connectivity index (χ0n) is 9.43. The topological polar surface area (TPSA) is 49.8 Å². The number of methoxy groups -OCH3 is 1. The van der Waals surface area contributed by atoms with Crippen molar-refractivity contribution in [3.05, 3.63) is 30.3 Å². The van der Waals surface area contributed by atoms with E-state index in [1.165, 1.54) is 7.11 Å². The molecular formula is C12H17NO3. The molecule has 0 heterocycles. The fourth-order valence-corrected chi connectivity index (χ4v) is 1.46. The average Bonchev–Trinajstić information content (AvgIpc) is 2.35. The Morgan fingerprint density at radius 3 is 2.56 bits per heavy atom. The van der Waals surface area contributed by atoms with Crippen LogP contribution in [-0.2, 0) is 9.53 Å². The molecule has 16 heavy (non-hydrogen) atoms. The zero-order chi connectivity index (χ0) is 11.8. The molecule has 0 saturated carbocycles. The van der Waals surface area contributed by atoms with Gasteiger partial charge in [-0.2, -0.15) is 0 Å². The van der Waals surface area contributed by atoms with Gasteiger partial charge in [0.2, 0.25) is 0 Å². The van der Waals surface area contributed by atoms with Crippen molar-refractivity contribution in [2.75, 3.05) is 31.7 Å². The molecule has 0 atom stereocenters. The summed E-state index contributed by atoms with van der Waals surface area (Å²) in [5.41, 5.74) is 1.00. The lowest BCUT2D eigenvalue weighted by molar-refractivity contribution is -0.140. The Hall–Kier alpha value is -1.55. The summed E-state index contributed by atoms with van der Waals surface area (Å²) in [5.74, 6) is -0.237. The number of carbonyl (C=O) groups is 1. The van der Waals surface area contributed by atoms with E-state index in [0.29, 0.717) is 19.5 Å². The van der Waals surface area contributed by atoms with Crippen LogP contribution in [0.25, 0.3) is 0 Å². The summed E-state index contributed by atoms with van der Waals surface area (Å²) in [6.07, 6.45) is 0.325. The van der Waals surface area contributed by atoms with Crippen molar-refractivity contribution in [2.45, 2.75) is 6.42 Å². The molecule has 0 unspecified atom stereocenters. The molecule has 4 nitrogen and oxygen atoms in total. The van der Waals surface area contributed by atoms with Gasteiger partial charge in [0.15, 0.2) is 0 Å². The number of rotatable bonds is 6. The molecule has 0 aliphatic heterocycles. The number of hydrogen-bond donors (Lipinski definition) is 1. The molecular weight excluding hydrogens is 206 g/mol. The highest BCUT2D eigenvalue weighted by atomic mass is 16.5. The Bertz CT molecular complexity index is 313.